The lowest BCUT2D eigenvalue weighted by molar-refractivity contribution is 0.105. The van der Waals surface area contributed by atoms with Gasteiger partial charge >= 0.3 is 0 Å². The van der Waals surface area contributed by atoms with Crippen molar-refractivity contribution in [1.29, 1.82) is 10.5 Å². The number of hydrogen-bond donors (Lipinski definition) is 0. The molecule has 1 aliphatic carbocycles. The SMILES string of the molecule is Cc1ccc(-c2cnc3c(c2)C(=C(C#N)C#N)C(=O)c2cccnc2-3)cc1. The molecular weight excluding hydrogens is 336 g/mol. The number of Topliss-reactive ketones (excluding diaryl/α,β-unsaturated/α-hetero) is 1. The lowest BCUT2D eigenvalue weighted by atomic mass is 9.83. The highest BCUT2D eigenvalue weighted by atomic mass is 16.1. The maximum atomic E-state index is 13.0. The number of nitrogens with zero attached hydrogens (tertiary/aromatic N) is 4. The molecule has 0 unspecified atom stereocenters. The molecule has 5 heteroatoms. The summed E-state index contributed by atoms with van der Waals surface area (Å²) in [5.74, 6) is -0.383. The fraction of sp³-hybridized carbons (Fsp3) is 0.0455. The molecule has 0 amide bonds. The molecule has 5 nitrogen and oxygen atoms in total. The second-order valence-corrected chi connectivity index (χ2v) is 6.19. The van der Waals surface area contributed by atoms with E-state index in [0.29, 0.717) is 22.5 Å². The number of carbonyl (C=O) groups is 1. The third-order valence-corrected chi connectivity index (χ3v) is 4.52. The minimum absolute atomic E-state index is 0.0805. The van der Waals surface area contributed by atoms with Crippen LogP contribution in [0, 0.1) is 29.6 Å². The van der Waals surface area contributed by atoms with Crippen LogP contribution in [0.4, 0.5) is 0 Å². The second kappa shape index (κ2) is 6.33. The summed E-state index contributed by atoms with van der Waals surface area (Å²) in [6.45, 7) is 2.00. The van der Waals surface area contributed by atoms with Crippen LogP contribution < -0.4 is 0 Å². The Bertz CT molecular complexity index is 1190. The molecule has 0 saturated carbocycles. The summed E-state index contributed by atoms with van der Waals surface area (Å²) in [4.78, 5) is 21.8. The Morgan fingerprint density at radius 1 is 0.926 bits per heavy atom. The first-order valence-electron chi connectivity index (χ1n) is 8.26. The molecule has 0 atom stereocenters. The maximum absolute atomic E-state index is 13.0. The second-order valence-electron chi connectivity index (χ2n) is 6.19. The van der Waals surface area contributed by atoms with Gasteiger partial charge in [-0.15, -0.1) is 0 Å². The minimum Gasteiger partial charge on any atom is -0.288 e. The first kappa shape index (κ1) is 16.4. The number of carbonyl (C=O) groups excluding carboxylic acids is 1. The summed E-state index contributed by atoms with van der Waals surface area (Å²) >= 11 is 0. The van der Waals surface area contributed by atoms with E-state index in [-0.39, 0.29) is 16.9 Å². The third kappa shape index (κ3) is 2.59. The number of rotatable bonds is 1. The molecule has 0 aliphatic heterocycles. The van der Waals surface area contributed by atoms with Gasteiger partial charge in [-0.2, -0.15) is 10.5 Å². The van der Waals surface area contributed by atoms with E-state index < -0.39 is 0 Å². The van der Waals surface area contributed by atoms with Crippen LogP contribution in [0.3, 0.4) is 0 Å². The maximum Gasteiger partial charge on any atom is 0.198 e. The molecule has 27 heavy (non-hydrogen) atoms. The van der Waals surface area contributed by atoms with Crippen LogP contribution in [0.2, 0.25) is 0 Å². The standard InChI is InChI=1S/C22H12N4O/c1-13-4-6-14(7-5-13)15-9-18-19(16(10-23)11-24)22(27)17-3-2-8-25-20(17)21(18)26-12-15/h2-9,12H,1H3. The fourth-order valence-electron chi connectivity index (χ4n) is 3.17. The Kier molecular flexibility index (Phi) is 3.84. The number of aromatic nitrogens is 2. The molecule has 2 heterocycles. The van der Waals surface area contributed by atoms with Crippen molar-refractivity contribution < 1.29 is 4.79 Å². The number of aryl methyl sites for hydroxylation is 1. The van der Waals surface area contributed by atoms with Crippen molar-refractivity contribution in [3.05, 3.63) is 77.1 Å². The molecule has 4 rings (SSSR count). The van der Waals surface area contributed by atoms with E-state index in [1.165, 1.54) is 0 Å². The van der Waals surface area contributed by atoms with Crippen LogP contribution in [0.25, 0.3) is 28.1 Å². The molecule has 0 bridgehead atoms. The molecule has 126 valence electrons. The summed E-state index contributed by atoms with van der Waals surface area (Å²) < 4.78 is 0. The van der Waals surface area contributed by atoms with Gasteiger partial charge < -0.3 is 0 Å². The lowest BCUT2D eigenvalue weighted by Crippen LogP contribution is -2.15. The van der Waals surface area contributed by atoms with Crippen LogP contribution >= 0.6 is 0 Å². The first-order chi connectivity index (χ1) is 13.1. The van der Waals surface area contributed by atoms with E-state index in [9.17, 15) is 15.3 Å². The summed E-state index contributed by atoms with van der Waals surface area (Å²) in [5, 5.41) is 18.7. The lowest BCUT2D eigenvalue weighted by Gasteiger charge is -2.20. The predicted molar refractivity (Wildman–Crippen MR) is 100 cm³/mol. The van der Waals surface area contributed by atoms with Crippen LogP contribution in [-0.4, -0.2) is 15.8 Å². The first-order valence-corrected chi connectivity index (χ1v) is 8.26. The van der Waals surface area contributed by atoms with Gasteiger partial charge in [-0.3, -0.25) is 14.8 Å². The normalized spacial score (nSPS) is 11.8. The third-order valence-electron chi connectivity index (χ3n) is 4.52. The van der Waals surface area contributed by atoms with Crippen LogP contribution in [-0.2, 0) is 0 Å². The van der Waals surface area contributed by atoms with Gasteiger partial charge in [0.2, 0.25) is 0 Å². The molecule has 1 aliphatic rings. The summed E-state index contributed by atoms with van der Waals surface area (Å²) in [5.41, 5.74) is 4.50. The van der Waals surface area contributed by atoms with E-state index in [1.54, 1.807) is 30.6 Å². The van der Waals surface area contributed by atoms with Gasteiger partial charge in [0, 0.05) is 23.5 Å². The van der Waals surface area contributed by atoms with E-state index in [4.69, 9.17) is 0 Å². The Hall–Kier alpha value is -4.09. The van der Waals surface area contributed by atoms with Crippen LogP contribution in [0.15, 0.2) is 60.4 Å². The monoisotopic (exact) mass is 348 g/mol. The van der Waals surface area contributed by atoms with Crippen molar-refractivity contribution in [2.75, 3.05) is 0 Å². The highest BCUT2D eigenvalue weighted by Crippen LogP contribution is 2.39. The van der Waals surface area contributed by atoms with Gasteiger partial charge in [-0.1, -0.05) is 29.8 Å². The van der Waals surface area contributed by atoms with E-state index in [1.807, 2.05) is 43.3 Å². The van der Waals surface area contributed by atoms with Gasteiger partial charge in [0.1, 0.15) is 23.4 Å². The van der Waals surface area contributed by atoms with E-state index >= 15 is 0 Å². The zero-order chi connectivity index (χ0) is 19.0. The summed E-state index contributed by atoms with van der Waals surface area (Å²) in [7, 11) is 0. The van der Waals surface area contributed by atoms with Gasteiger partial charge in [-0.25, -0.2) is 0 Å². The molecular formula is C22H12N4O. The fourth-order valence-corrected chi connectivity index (χ4v) is 3.17. The van der Waals surface area contributed by atoms with Crippen LogP contribution in [0.5, 0.6) is 0 Å². The average Bonchev–Trinajstić information content (AvgIpc) is 2.71. The Labute approximate surface area is 155 Å². The zero-order valence-electron chi connectivity index (χ0n) is 14.4. The molecule has 0 fully saturated rings. The number of nitriles is 2. The van der Waals surface area contributed by atoms with Crippen molar-refractivity contribution in [2.24, 2.45) is 0 Å². The Morgan fingerprint density at radius 2 is 1.63 bits per heavy atom. The van der Waals surface area contributed by atoms with Gasteiger partial charge in [0.05, 0.1) is 16.8 Å². The molecule has 3 aromatic rings. The van der Waals surface area contributed by atoms with Crippen molar-refractivity contribution in [1.82, 2.24) is 9.97 Å². The number of pyridine rings is 2. The quantitative estimate of drug-likeness (QED) is 0.487. The van der Waals surface area contributed by atoms with E-state index in [2.05, 4.69) is 9.97 Å². The van der Waals surface area contributed by atoms with Crippen molar-refractivity contribution in [3.63, 3.8) is 0 Å². The highest BCUT2D eigenvalue weighted by Gasteiger charge is 2.32. The smallest absolute Gasteiger partial charge is 0.198 e. The Balaban J connectivity index is 2.04. The number of ketones is 1. The molecule has 0 saturated heterocycles. The average molecular weight is 348 g/mol. The van der Waals surface area contributed by atoms with E-state index in [0.717, 1.165) is 16.7 Å². The van der Waals surface area contributed by atoms with Gasteiger partial charge in [0.15, 0.2) is 5.78 Å². The minimum atomic E-state index is -0.383. The number of hydrogen-bond acceptors (Lipinski definition) is 5. The van der Waals surface area contributed by atoms with Gasteiger partial charge in [0.25, 0.3) is 0 Å². The molecule has 2 aromatic heterocycles. The summed E-state index contributed by atoms with van der Waals surface area (Å²) in [6.07, 6.45) is 3.31. The highest BCUT2D eigenvalue weighted by molar-refractivity contribution is 6.35. The predicted octanol–water partition coefficient (Wildman–Crippen LogP) is 4.12. The molecule has 0 spiro atoms. The largest absolute Gasteiger partial charge is 0.288 e. The number of benzene rings is 1. The topological polar surface area (TPSA) is 90.4 Å². The molecule has 0 N–H and O–H groups in total. The zero-order valence-corrected chi connectivity index (χ0v) is 14.4. The van der Waals surface area contributed by atoms with Gasteiger partial charge in [-0.05, 0) is 30.7 Å². The summed E-state index contributed by atoms with van der Waals surface area (Å²) in [6, 6.07) is 16.7. The number of allylic oxidation sites excluding steroid dienone is 2. The molecule has 1 aromatic carbocycles. The van der Waals surface area contributed by atoms with Crippen molar-refractivity contribution >= 4 is 11.4 Å². The van der Waals surface area contributed by atoms with Crippen LogP contribution in [0.1, 0.15) is 21.5 Å². The number of fused-ring (bicyclic) bond motifs is 3. The Morgan fingerprint density at radius 3 is 2.33 bits per heavy atom. The molecule has 0 radical (unpaired) electrons. The van der Waals surface area contributed by atoms with Crippen molar-refractivity contribution in [2.45, 2.75) is 6.92 Å². The van der Waals surface area contributed by atoms with Crippen molar-refractivity contribution in [3.8, 4) is 34.7 Å².